The van der Waals surface area contributed by atoms with Gasteiger partial charge in [-0.15, -0.1) is 0 Å². The molecule has 0 unspecified atom stereocenters. The third kappa shape index (κ3) is 3.44. The van der Waals surface area contributed by atoms with Gasteiger partial charge in [-0.05, 0) is 18.2 Å². The number of carbonyl (C=O) groups is 1. The molecule has 0 radical (unpaired) electrons. The Balaban J connectivity index is 2.19. The molecule has 6 heteroatoms. The van der Waals surface area contributed by atoms with Crippen LogP contribution in [0.25, 0.3) is 6.08 Å². The number of carboxylic acids is 1. The number of para-hydroxylation sites is 1. The van der Waals surface area contributed by atoms with Crippen molar-refractivity contribution in [3.05, 3.63) is 53.6 Å². The molecule has 1 aromatic carbocycles. The number of halogens is 1. The second-order valence-electron chi connectivity index (χ2n) is 4.10. The zero-order valence-corrected chi connectivity index (χ0v) is 10.8. The van der Waals surface area contributed by atoms with Gasteiger partial charge in [0.05, 0.1) is 5.69 Å². The molecular formula is C14H13FN2O3. The van der Waals surface area contributed by atoms with Crippen LogP contribution in [-0.2, 0) is 18.4 Å². The van der Waals surface area contributed by atoms with Gasteiger partial charge in [-0.1, -0.05) is 12.1 Å². The number of aromatic nitrogens is 2. The molecule has 0 spiro atoms. The monoisotopic (exact) mass is 276 g/mol. The van der Waals surface area contributed by atoms with E-state index in [1.165, 1.54) is 18.2 Å². The van der Waals surface area contributed by atoms with Gasteiger partial charge in [0.15, 0.2) is 11.6 Å². The Morgan fingerprint density at radius 3 is 2.95 bits per heavy atom. The van der Waals surface area contributed by atoms with Crippen molar-refractivity contribution in [2.75, 3.05) is 0 Å². The van der Waals surface area contributed by atoms with Crippen LogP contribution in [0.5, 0.6) is 5.75 Å². The fourth-order valence-corrected chi connectivity index (χ4v) is 1.66. The van der Waals surface area contributed by atoms with E-state index >= 15 is 0 Å². The summed E-state index contributed by atoms with van der Waals surface area (Å²) in [7, 11) is 1.77. The van der Waals surface area contributed by atoms with Crippen molar-refractivity contribution < 1.29 is 19.0 Å². The van der Waals surface area contributed by atoms with Gasteiger partial charge < -0.3 is 9.84 Å². The SMILES string of the molecule is Cn1ccc(COc2c(F)cccc2/C=C/C(=O)O)n1. The van der Waals surface area contributed by atoms with Crippen molar-refractivity contribution >= 4 is 12.0 Å². The second-order valence-corrected chi connectivity index (χ2v) is 4.10. The molecule has 20 heavy (non-hydrogen) atoms. The van der Waals surface area contributed by atoms with E-state index in [-0.39, 0.29) is 12.4 Å². The van der Waals surface area contributed by atoms with Gasteiger partial charge in [0, 0.05) is 24.9 Å². The van der Waals surface area contributed by atoms with E-state index in [9.17, 15) is 9.18 Å². The first-order chi connectivity index (χ1) is 9.56. The molecule has 0 amide bonds. The van der Waals surface area contributed by atoms with E-state index < -0.39 is 11.8 Å². The smallest absolute Gasteiger partial charge is 0.328 e. The predicted molar refractivity (Wildman–Crippen MR) is 70.6 cm³/mol. The Labute approximate surface area is 114 Å². The van der Waals surface area contributed by atoms with Crippen LogP contribution in [0.15, 0.2) is 36.5 Å². The summed E-state index contributed by atoms with van der Waals surface area (Å²) in [4.78, 5) is 10.5. The maximum atomic E-state index is 13.8. The van der Waals surface area contributed by atoms with E-state index in [1.54, 1.807) is 30.1 Å². The van der Waals surface area contributed by atoms with Crippen molar-refractivity contribution in [3.63, 3.8) is 0 Å². The lowest BCUT2D eigenvalue weighted by Gasteiger charge is -2.08. The van der Waals surface area contributed by atoms with Gasteiger partial charge in [-0.25, -0.2) is 9.18 Å². The van der Waals surface area contributed by atoms with Crippen LogP contribution in [0.3, 0.4) is 0 Å². The molecule has 0 aliphatic heterocycles. The zero-order valence-electron chi connectivity index (χ0n) is 10.8. The van der Waals surface area contributed by atoms with Crippen molar-refractivity contribution in [2.24, 2.45) is 7.05 Å². The lowest BCUT2D eigenvalue weighted by atomic mass is 10.2. The number of rotatable bonds is 5. The summed E-state index contributed by atoms with van der Waals surface area (Å²) in [6.07, 6.45) is 3.98. The Kier molecular flexibility index (Phi) is 4.14. The Morgan fingerprint density at radius 2 is 2.30 bits per heavy atom. The van der Waals surface area contributed by atoms with E-state index in [2.05, 4.69) is 5.10 Å². The number of ether oxygens (including phenoxy) is 1. The summed E-state index contributed by atoms with van der Waals surface area (Å²) in [6, 6.07) is 6.08. The number of benzene rings is 1. The molecular weight excluding hydrogens is 263 g/mol. The summed E-state index contributed by atoms with van der Waals surface area (Å²) < 4.78 is 20.8. The highest BCUT2D eigenvalue weighted by atomic mass is 19.1. The van der Waals surface area contributed by atoms with Crippen LogP contribution in [0, 0.1) is 5.82 Å². The van der Waals surface area contributed by atoms with E-state index in [0.29, 0.717) is 11.3 Å². The molecule has 0 atom stereocenters. The van der Waals surface area contributed by atoms with Crippen LogP contribution in [0.4, 0.5) is 4.39 Å². The maximum absolute atomic E-state index is 13.8. The lowest BCUT2D eigenvalue weighted by Crippen LogP contribution is -2.01. The molecule has 0 saturated carbocycles. The molecule has 1 heterocycles. The van der Waals surface area contributed by atoms with Crippen LogP contribution in [0.2, 0.25) is 0 Å². The Hall–Kier alpha value is -2.63. The summed E-state index contributed by atoms with van der Waals surface area (Å²) >= 11 is 0. The molecule has 1 N–H and O–H groups in total. The topological polar surface area (TPSA) is 64.3 Å². The fourth-order valence-electron chi connectivity index (χ4n) is 1.66. The lowest BCUT2D eigenvalue weighted by molar-refractivity contribution is -0.131. The first-order valence-corrected chi connectivity index (χ1v) is 5.87. The third-order valence-electron chi connectivity index (χ3n) is 2.54. The summed E-state index contributed by atoms with van der Waals surface area (Å²) in [5, 5.41) is 12.7. The largest absolute Gasteiger partial charge is 0.484 e. The maximum Gasteiger partial charge on any atom is 0.328 e. The number of aliphatic carboxylic acids is 1. The molecule has 1 aromatic heterocycles. The zero-order chi connectivity index (χ0) is 14.5. The van der Waals surface area contributed by atoms with Gasteiger partial charge in [0.25, 0.3) is 0 Å². The quantitative estimate of drug-likeness (QED) is 0.851. The highest BCUT2D eigenvalue weighted by Gasteiger charge is 2.09. The average molecular weight is 276 g/mol. The molecule has 0 bridgehead atoms. The van der Waals surface area contributed by atoms with Crippen LogP contribution in [-0.4, -0.2) is 20.9 Å². The Morgan fingerprint density at radius 1 is 1.50 bits per heavy atom. The number of nitrogens with zero attached hydrogens (tertiary/aromatic N) is 2. The molecule has 2 aromatic rings. The van der Waals surface area contributed by atoms with Gasteiger partial charge >= 0.3 is 5.97 Å². The third-order valence-corrected chi connectivity index (χ3v) is 2.54. The minimum atomic E-state index is -1.11. The van der Waals surface area contributed by atoms with E-state index in [4.69, 9.17) is 9.84 Å². The first-order valence-electron chi connectivity index (χ1n) is 5.87. The minimum absolute atomic E-state index is 0.00986. The molecule has 2 rings (SSSR count). The molecule has 0 fully saturated rings. The van der Waals surface area contributed by atoms with Crippen molar-refractivity contribution in [3.8, 4) is 5.75 Å². The predicted octanol–water partition coefficient (Wildman–Crippen LogP) is 2.24. The van der Waals surface area contributed by atoms with Gasteiger partial charge in [0.1, 0.15) is 6.61 Å². The van der Waals surface area contributed by atoms with E-state index in [0.717, 1.165) is 6.08 Å². The summed E-state index contributed by atoms with van der Waals surface area (Å²) in [6.45, 7) is 0.107. The molecule has 0 aliphatic carbocycles. The second kappa shape index (κ2) is 6.01. The van der Waals surface area contributed by atoms with Crippen LogP contribution >= 0.6 is 0 Å². The summed E-state index contributed by atoms with van der Waals surface area (Å²) in [5.74, 6) is -1.64. The van der Waals surface area contributed by atoms with Crippen molar-refractivity contribution in [1.82, 2.24) is 9.78 Å². The van der Waals surface area contributed by atoms with Gasteiger partial charge in [-0.2, -0.15) is 5.10 Å². The number of carboxylic acid groups (broad SMARTS) is 1. The number of aryl methyl sites for hydroxylation is 1. The number of hydrogen-bond acceptors (Lipinski definition) is 3. The Bertz CT molecular complexity index is 650. The summed E-state index contributed by atoms with van der Waals surface area (Å²) in [5.41, 5.74) is 1.02. The van der Waals surface area contributed by atoms with Gasteiger partial charge in [0.2, 0.25) is 0 Å². The molecule has 0 saturated heterocycles. The normalized spacial score (nSPS) is 10.9. The highest BCUT2D eigenvalue weighted by Crippen LogP contribution is 2.24. The van der Waals surface area contributed by atoms with Crippen molar-refractivity contribution in [1.29, 1.82) is 0 Å². The fraction of sp³-hybridized carbons (Fsp3) is 0.143. The number of hydrogen-bond donors (Lipinski definition) is 1. The molecule has 5 nitrogen and oxygen atoms in total. The molecule has 104 valence electrons. The van der Waals surface area contributed by atoms with E-state index in [1.807, 2.05) is 0 Å². The van der Waals surface area contributed by atoms with Crippen LogP contribution in [0.1, 0.15) is 11.3 Å². The minimum Gasteiger partial charge on any atom is -0.484 e. The first kappa shape index (κ1) is 13.8. The molecule has 0 aliphatic rings. The van der Waals surface area contributed by atoms with Crippen molar-refractivity contribution in [2.45, 2.75) is 6.61 Å². The van der Waals surface area contributed by atoms with Crippen LogP contribution < -0.4 is 4.74 Å². The standard InChI is InChI=1S/C14H13FN2O3/c1-17-8-7-11(16-17)9-20-14-10(5-6-13(18)19)3-2-4-12(14)15/h2-8H,9H2,1H3,(H,18,19)/b6-5+. The highest BCUT2D eigenvalue weighted by molar-refractivity contribution is 5.85. The van der Waals surface area contributed by atoms with Gasteiger partial charge in [-0.3, -0.25) is 4.68 Å². The average Bonchev–Trinajstić information content (AvgIpc) is 2.81.